The van der Waals surface area contributed by atoms with Crippen molar-refractivity contribution in [3.63, 3.8) is 0 Å². The van der Waals surface area contributed by atoms with Gasteiger partial charge >= 0.3 is 0 Å². The van der Waals surface area contributed by atoms with Gasteiger partial charge in [-0.05, 0) is 18.6 Å². The summed E-state index contributed by atoms with van der Waals surface area (Å²) in [5.41, 5.74) is 0. The predicted octanol–water partition coefficient (Wildman–Crippen LogP) is 3.10. The molecule has 0 atom stereocenters. The zero-order chi connectivity index (χ0) is 16.8. The Morgan fingerprint density at radius 2 is 2.25 bits per heavy atom. The number of nitrogens with one attached hydrogen (secondary N) is 1. The van der Waals surface area contributed by atoms with E-state index in [1.54, 1.807) is 12.1 Å². The van der Waals surface area contributed by atoms with Gasteiger partial charge in [-0.25, -0.2) is 0 Å². The van der Waals surface area contributed by atoms with Crippen molar-refractivity contribution in [1.29, 1.82) is 0 Å². The minimum absolute atomic E-state index is 0.161. The third kappa shape index (κ3) is 4.25. The second-order valence-corrected chi connectivity index (χ2v) is 6.20. The highest BCUT2D eigenvalue weighted by molar-refractivity contribution is 7.15. The van der Waals surface area contributed by atoms with E-state index in [0.717, 1.165) is 24.3 Å². The van der Waals surface area contributed by atoms with Gasteiger partial charge in [-0.3, -0.25) is 4.79 Å². The second kappa shape index (κ2) is 7.82. The fourth-order valence-electron chi connectivity index (χ4n) is 2.00. The van der Waals surface area contributed by atoms with E-state index in [1.165, 1.54) is 17.6 Å². The van der Waals surface area contributed by atoms with Crippen LogP contribution in [0.3, 0.4) is 0 Å². The molecule has 126 valence electrons. The molecule has 24 heavy (non-hydrogen) atoms. The maximum atomic E-state index is 12.0. The first-order valence-electron chi connectivity index (χ1n) is 7.73. The van der Waals surface area contributed by atoms with Crippen LogP contribution >= 0.6 is 11.3 Å². The van der Waals surface area contributed by atoms with E-state index in [9.17, 15) is 4.79 Å². The summed E-state index contributed by atoms with van der Waals surface area (Å²) in [5.74, 6) is 1.13. The normalized spacial score (nSPS) is 10.9. The standard InChI is InChI=1S/C15H17N5O3S/c1-2-3-6-13-18-19-15(24-13)16-11(21)7-8-12-17-14(20-23-12)10-5-4-9-22-10/h4-5,9H,2-3,6-8H2,1H3,(H,16,19,21). The summed E-state index contributed by atoms with van der Waals surface area (Å²) in [6.45, 7) is 2.12. The van der Waals surface area contributed by atoms with Crippen LogP contribution < -0.4 is 5.32 Å². The number of rotatable bonds is 8. The minimum Gasteiger partial charge on any atom is -0.461 e. The van der Waals surface area contributed by atoms with Crippen molar-refractivity contribution >= 4 is 22.4 Å². The molecular weight excluding hydrogens is 330 g/mol. The lowest BCUT2D eigenvalue weighted by Crippen LogP contribution is -2.12. The van der Waals surface area contributed by atoms with Crippen molar-refractivity contribution in [2.75, 3.05) is 5.32 Å². The smallest absolute Gasteiger partial charge is 0.238 e. The van der Waals surface area contributed by atoms with Crippen LogP contribution in [0.2, 0.25) is 0 Å². The first kappa shape index (κ1) is 16.3. The topological polar surface area (TPSA) is 107 Å². The molecule has 1 amide bonds. The molecular formula is C15H17N5O3S. The number of unbranched alkanes of at least 4 members (excludes halogenated alkanes) is 1. The zero-order valence-electron chi connectivity index (χ0n) is 13.2. The Labute approximate surface area is 142 Å². The number of aromatic nitrogens is 4. The van der Waals surface area contributed by atoms with Crippen LogP contribution in [0.4, 0.5) is 5.13 Å². The maximum Gasteiger partial charge on any atom is 0.238 e. The van der Waals surface area contributed by atoms with E-state index in [0.29, 0.717) is 29.0 Å². The molecule has 0 spiro atoms. The second-order valence-electron chi connectivity index (χ2n) is 5.14. The molecule has 9 heteroatoms. The zero-order valence-corrected chi connectivity index (χ0v) is 14.0. The molecule has 8 nitrogen and oxygen atoms in total. The molecule has 0 bridgehead atoms. The number of amides is 1. The predicted molar refractivity (Wildman–Crippen MR) is 87.5 cm³/mol. The molecule has 0 aromatic carbocycles. The van der Waals surface area contributed by atoms with Crippen LogP contribution in [-0.2, 0) is 17.6 Å². The molecule has 0 unspecified atom stereocenters. The molecule has 0 aliphatic rings. The van der Waals surface area contributed by atoms with Gasteiger partial charge < -0.3 is 14.3 Å². The molecule has 0 saturated heterocycles. The summed E-state index contributed by atoms with van der Waals surface area (Å²) in [5, 5.41) is 16.1. The first-order valence-corrected chi connectivity index (χ1v) is 8.55. The Morgan fingerprint density at radius 3 is 3.04 bits per heavy atom. The highest BCUT2D eigenvalue weighted by atomic mass is 32.1. The van der Waals surface area contributed by atoms with Crippen molar-refractivity contribution in [1.82, 2.24) is 20.3 Å². The van der Waals surface area contributed by atoms with E-state index in [1.807, 2.05) is 0 Å². The average Bonchev–Trinajstić information content (AvgIpc) is 3.31. The summed E-state index contributed by atoms with van der Waals surface area (Å²) in [6.07, 6.45) is 5.17. The van der Waals surface area contributed by atoms with E-state index in [4.69, 9.17) is 8.94 Å². The van der Waals surface area contributed by atoms with E-state index < -0.39 is 0 Å². The molecule has 0 fully saturated rings. The number of hydrogen-bond acceptors (Lipinski definition) is 8. The summed E-state index contributed by atoms with van der Waals surface area (Å²) in [7, 11) is 0. The summed E-state index contributed by atoms with van der Waals surface area (Å²) in [6, 6.07) is 3.49. The van der Waals surface area contributed by atoms with Crippen molar-refractivity contribution in [3.05, 3.63) is 29.3 Å². The summed E-state index contributed by atoms with van der Waals surface area (Å²) in [4.78, 5) is 16.2. The van der Waals surface area contributed by atoms with Crippen LogP contribution in [0.5, 0.6) is 0 Å². The molecule has 3 rings (SSSR count). The van der Waals surface area contributed by atoms with E-state index >= 15 is 0 Å². The highest BCUT2D eigenvalue weighted by Crippen LogP contribution is 2.18. The van der Waals surface area contributed by atoms with Crippen LogP contribution in [0.25, 0.3) is 11.6 Å². The van der Waals surface area contributed by atoms with Gasteiger partial charge in [0.2, 0.25) is 22.8 Å². The summed E-state index contributed by atoms with van der Waals surface area (Å²) < 4.78 is 10.3. The molecule has 3 aromatic heterocycles. The quantitative estimate of drug-likeness (QED) is 0.667. The Hall–Kier alpha value is -2.55. The molecule has 0 aliphatic heterocycles. The average molecular weight is 347 g/mol. The number of aryl methyl sites for hydroxylation is 2. The maximum absolute atomic E-state index is 12.0. The Balaban J connectivity index is 1.48. The van der Waals surface area contributed by atoms with E-state index in [2.05, 4.69) is 32.6 Å². The van der Waals surface area contributed by atoms with E-state index in [-0.39, 0.29) is 12.3 Å². The van der Waals surface area contributed by atoms with Crippen LogP contribution in [0, 0.1) is 0 Å². The van der Waals surface area contributed by atoms with Gasteiger partial charge in [0.15, 0.2) is 5.76 Å². The lowest BCUT2D eigenvalue weighted by Gasteiger charge is -1.98. The largest absolute Gasteiger partial charge is 0.461 e. The number of carbonyl (C=O) groups excluding carboxylic acids is 1. The summed E-state index contributed by atoms with van der Waals surface area (Å²) >= 11 is 1.41. The van der Waals surface area contributed by atoms with Gasteiger partial charge in [-0.2, -0.15) is 4.98 Å². The number of nitrogens with zero attached hydrogens (tertiary/aromatic N) is 4. The van der Waals surface area contributed by atoms with Gasteiger partial charge in [0, 0.05) is 19.3 Å². The number of carbonyl (C=O) groups is 1. The Morgan fingerprint density at radius 1 is 1.33 bits per heavy atom. The number of hydrogen-bond donors (Lipinski definition) is 1. The third-order valence-electron chi connectivity index (χ3n) is 3.23. The molecule has 1 N–H and O–H groups in total. The first-order chi connectivity index (χ1) is 11.7. The van der Waals surface area contributed by atoms with Crippen LogP contribution in [0.1, 0.15) is 37.1 Å². The fraction of sp³-hybridized carbons (Fsp3) is 0.400. The lowest BCUT2D eigenvalue weighted by atomic mass is 10.3. The molecule has 0 saturated carbocycles. The molecule has 0 radical (unpaired) electrons. The van der Waals surface area contributed by atoms with Gasteiger partial charge in [-0.15, -0.1) is 10.2 Å². The molecule has 0 aliphatic carbocycles. The lowest BCUT2D eigenvalue weighted by molar-refractivity contribution is -0.116. The van der Waals surface area contributed by atoms with Crippen molar-refractivity contribution in [2.24, 2.45) is 0 Å². The van der Waals surface area contributed by atoms with Gasteiger partial charge in [0.25, 0.3) is 0 Å². The van der Waals surface area contributed by atoms with Crippen molar-refractivity contribution in [3.8, 4) is 11.6 Å². The van der Waals surface area contributed by atoms with Gasteiger partial charge in [0.05, 0.1) is 6.26 Å². The minimum atomic E-state index is -0.161. The number of furan rings is 1. The highest BCUT2D eigenvalue weighted by Gasteiger charge is 2.13. The number of anilines is 1. The third-order valence-corrected chi connectivity index (χ3v) is 4.13. The van der Waals surface area contributed by atoms with Gasteiger partial charge in [-0.1, -0.05) is 29.8 Å². The van der Waals surface area contributed by atoms with Crippen LogP contribution in [-0.4, -0.2) is 26.2 Å². The SMILES string of the molecule is CCCCc1nnc(NC(=O)CCc2nc(-c3ccco3)no2)s1. The van der Waals surface area contributed by atoms with Crippen LogP contribution in [0.15, 0.2) is 27.3 Å². The Bertz CT molecular complexity index is 781. The monoisotopic (exact) mass is 347 g/mol. The van der Waals surface area contributed by atoms with Crippen molar-refractivity contribution in [2.45, 2.75) is 39.0 Å². The fourth-order valence-corrected chi connectivity index (χ4v) is 2.80. The van der Waals surface area contributed by atoms with Gasteiger partial charge in [0.1, 0.15) is 5.01 Å². The molecule has 3 heterocycles. The van der Waals surface area contributed by atoms with Crippen molar-refractivity contribution < 1.29 is 13.7 Å². The Kier molecular flexibility index (Phi) is 5.32. The molecule has 3 aromatic rings.